The lowest BCUT2D eigenvalue weighted by molar-refractivity contribution is 1.10. The third kappa shape index (κ3) is 9.17. The van der Waals surface area contributed by atoms with Crippen molar-refractivity contribution in [2.75, 3.05) is 4.90 Å². The summed E-state index contributed by atoms with van der Waals surface area (Å²) in [5.41, 5.74) is 10.8. The lowest BCUT2D eigenvalue weighted by Gasteiger charge is -2.29. The van der Waals surface area contributed by atoms with E-state index in [0.717, 1.165) is 28.9 Å². The number of allylic oxidation sites excluding steroid dienone is 8. The van der Waals surface area contributed by atoms with Crippen molar-refractivity contribution in [3.05, 3.63) is 209 Å². The Kier molecular flexibility index (Phi) is 11.7. The van der Waals surface area contributed by atoms with E-state index in [2.05, 4.69) is 207 Å². The highest BCUT2D eigenvalue weighted by Crippen LogP contribution is 2.39. The summed E-state index contributed by atoms with van der Waals surface area (Å²) in [5, 5.41) is 0. The Hall–Kier alpha value is -5.66. The number of benzene rings is 5. The molecule has 0 aliphatic carbocycles. The molecule has 5 rings (SSSR count). The van der Waals surface area contributed by atoms with Gasteiger partial charge in [-0.3, -0.25) is 0 Å². The van der Waals surface area contributed by atoms with E-state index in [-0.39, 0.29) is 0 Å². The van der Waals surface area contributed by atoms with Gasteiger partial charge in [0.15, 0.2) is 0 Å². The van der Waals surface area contributed by atoms with Gasteiger partial charge in [0.1, 0.15) is 0 Å². The lowest BCUT2D eigenvalue weighted by atomic mass is 10.0. The van der Waals surface area contributed by atoms with E-state index in [9.17, 15) is 0 Å². The van der Waals surface area contributed by atoms with Crippen molar-refractivity contribution < 1.29 is 0 Å². The third-order valence-electron chi connectivity index (χ3n) is 7.65. The first kappa shape index (κ1) is 31.8. The molecule has 0 aliphatic rings. The first-order chi connectivity index (χ1) is 22.7. The second-order valence-electron chi connectivity index (χ2n) is 11.0. The molecule has 0 aromatic heterocycles. The smallest absolute Gasteiger partial charge is 0.0522 e. The fourth-order valence-electron chi connectivity index (χ4n) is 5.25. The summed E-state index contributed by atoms with van der Waals surface area (Å²) < 4.78 is 0. The molecule has 0 heterocycles. The van der Waals surface area contributed by atoms with Gasteiger partial charge in [0.25, 0.3) is 0 Å². The minimum atomic E-state index is 0.964. The molecule has 5 aromatic carbocycles. The molecule has 5 aromatic rings. The van der Waals surface area contributed by atoms with Gasteiger partial charge in [-0.2, -0.15) is 0 Å². The van der Waals surface area contributed by atoms with E-state index in [1.807, 2.05) is 12.1 Å². The van der Waals surface area contributed by atoms with Gasteiger partial charge in [-0.25, -0.2) is 0 Å². The first-order valence-corrected chi connectivity index (χ1v) is 15.9. The summed E-state index contributed by atoms with van der Waals surface area (Å²) in [6, 6.07) is 44.9. The van der Waals surface area contributed by atoms with Crippen LogP contribution in [0.4, 0.5) is 17.1 Å². The number of anilines is 3. The van der Waals surface area contributed by atoms with Gasteiger partial charge in [-0.15, -0.1) is 0 Å². The molecule has 0 atom stereocenters. The van der Waals surface area contributed by atoms with Crippen LogP contribution in [0.25, 0.3) is 24.3 Å². The number of aryl methyl sites for hydroxylation is 2. The van der Waals surface area contributed by atoms with Crippen molar-refractivity contribution in [2.24, 2.45) is 0 Å². The maximum absolute atomic E-state index is 2.39. The Morgan fingerprint density at radius 1 is 0.413 bits per heavy atom. The van der Waals surface area contributed by atoms with E-state index in [0.29, 0.717) is 0 Å². The number of para-hydroxylation sites is 1. The SMILES string of the molecule is CCc1cccc(C)c1N(c1ccc(/C=C/C=C/C=C/c2ccccc2)cc1)c1ccc(/C=C/C=C/C=C/c2ccccc2)cc1. The van der Waals surface area contributed by atoms with E-state index in [1.54, 1.807) is 0 Å². The van der Waals surface area contributed by atoms with Crippen molar-refractivity contribution in [3.63, 3.8) is 0 Å². The molecule has 0 saturated heterocycles. The molecular formula is C45H41N. The predicted octanol–water partition coefficient (Wildman–Crippen LogP) is 12.6. The summed E-state index contributed by atoms with van der Waals surface area (Å²) in [6.45, 7) is 4.43. The van der Waals surface area contributed by atoms with E-state index >= 15 is 0 Å². The van der Waals surface area contributed by atoms with Crippen molar-refractivity contribution in [3.8, 4) is 0 Å². The number of rotatable bonds is 12. The maximum atomic E-state index is 2.39. The minimum Gasteiger partial charge on any atom is -0.310 e. The summed E-state index contributed by atoms with van der Waals surface area (Å²) in [7, 11) is 0. The zero-order valence-electron chi connectivity index (χ0n) is 26.7. The van der Waals surface area contributed by atoms with Crippen molar-refractivity contribution >= 4 is 41.4 Å². The van der Waals surface area contributed by atoms with E-state index in [1.165, 1.54) is 27.9 Å². The molecule has 0 spiro atoms. The zero-order chi connectivity index (χ0) is 31.8. The Labute approximate surface area is 275 Å². The third-order valence-corrected chi connectivity index (χ3v) is 7.65. The fraction of sp³-hybridized carbons (Fsp3) is 0.0667. The summed E-state index contributed by atoms with van der Waals surface area (Å²) in [4.78, 5) is 2.39. The highest BCUT2D eigenvalue weighted by atomic mass is 15.1. The van der Waals surface area contributed by atoms with Crippen LogP contribution in [0.15, 0.2) is 176 Å². The van der Waals surface area contributed by atoms with Crippen LogP contribution in [0.3, 0.4) is 0 Å². The second-order valence-corrected chi connectivity index (χ2v) is 11.0. The monoisotopic (exact) mass is 595 g/mol. The summed E-state index contributed by atoms with van der Waals surface area (Å²) in [5.74, 6) is 0. The molecule has 0 saturated carbocycles. The van der Waals surface area contributed by atoms with E-state index in [4.69, 9.17) is 0 Å². The number of hydrogen-bond donors (Lipinski definition) is 0. The average Bonchev–Trinajstić information content (AvgIpc) is 3.10. The molecule has 0 unspecified atom stereocenters. The van der Waals surface area contributed by atoms with Crippen LogP contribution in [-0.2, 0) is 6.42 Å². The van der Waals surface area contributed by atoms with Gasteiger partial charge in [-0.05, 0) is 71.0 Å². The summed E-state index contributed by atoms with van der Waals surface area (Å²) in [6.07, 6.45) is 26.0. The fourth-order valence-corrected chi connectivity index (χ4v) is 5.25. The molecular weight excluding hydrogens is 555 g/mol. The summed E-state index contributed by atoms with van der Waals surface area (Å²) >= 11 is 0. The van der Waals surface area contributed by atoms with Crippen LogP contribution in [0.5, 0.6) is 0 Å². The highest BCUT2D eigenvalue weighted by molar-refractivity contribution is 5.81. The molecule has 0 amide bonds. The van der Waals surface area contributed by atoms with Gasteiger partial charge >= 0.3 is 0 Å². The van der Waals surface area contributed by atoms with Gasteiger partial charge in [0, 0.05) is 11.4 Å². The standard InChI is InChI=1S/C45H41N/c1-3-42-28-18-19-37(2)45(42)46(43-33-29-40(30-34-43)26-12-6-4-10-20-38-22-14-8-15-23-38)44-35-31-41(32-36-44)27-13-7-5-11-21-39-24-16-9-17-25-39/h4-36H,3H2,1-2H3/b6-4+,7-5+,20-10+,21-11+,26-12+,27-13+. The lowest BCUT2D eigenvalue weighted by Crippen LogP contribution is -2.13. The van der Waals surface area contributed by atoms with Crippen LogP contribution in [0.1, 0.15) is 40.3 Å². The van der Waals surface area contributed by atoms with Crippen molar-refractivity contribution in [2.45, 2.75) is 20.3 Å². The predicted molar refractivity (Wildman–Crippen MR) is 203 cm³/mol. The Balaban J connectivity index is 1.32. The molecule has 46 heavy (non-hydrogen) atoms. The van der Waals surface area contributed by atoms with Crippen LogP contribution in [-0.4, -0.2) is 0 Å². The van der Waals surface area contributed by atoms with Gasteiger partial charge in [0.2, 0.25) is 0 Å². The average molecular weight is 596 g/mol. The van der Waals surface area contributed by atoms with Crippen LogP contribution < -0.4 is 4.90 Å². The van der Waals surface area contributed by atoms with Gasteiger partial charge < -0.3 is 4.90 Å². The zero-order valence-corrected chi connectivity index (χ0v) is 26.7. The minimum absolute atomic E-state index is 0.964. The van der Waals surface area contributed by atoms with Crippen molar-refractivity contribution in [1.82, 2.24) is 0 Å². The normalized spacial score (nSPS) is 12.1. The molecule has 0 N–H and O–H groups in total. The Morgan fingerprint density at radius 3 is 1.20 bits per heavy atom. The van der Waals surface area contributed by atoms with E-state index < -0.39 is 0 Å². The Bertz CT molecular complexity index is 1720. The molecule has 0 radical (unpaired) electrons. The van der Waals surface area contributed by atoms with Crippen LogP contribution >= 0.6 is 0 Å². The largest absolute Gasteiger partial charge is 0.310 e. The second kappa shape index (κ2) is 17.0. The molecule has 226 valence electrons. The molecule has 0 bridgehead atoms. The van der Waals surface area contributed by atoms with Gasteiger partial charge in [0.05, 0.1) is 5.69 Å². The maximum Gasteiger partial charge on any atom is 0.0522 e. The number of hydrogen-bond acceptors (Lipinski definition) is 1. The molecule has 1 heteroatoms. The highest BCUT2D eigenvalue weighted by Gasteiger charge is 2.17. The van der Waals surface area contributed by atoms with Crippen LogP contribution in [0.2, 0.25) is 0 Å². The molecule has 0 fully saturated rings. The quantitative estimate of drug-likeness (QED) is 0.130. The molecule has 1 nitrogen and oxygen atoms in total. The van der Waals surface area contributed by atoms with Crippen molar-refractivity contribution in [1.29, 1.82) is 0 Å². The topological polar surface area (TPSA) is 3.24 Å². The van der Waals surface area contributed by atoms with Gasteiger partial charge in [-0.1, -0.05) is 183 Å². The molecule has 0 aliphatic heterocycles. The first-order valence-electron chi connectivity index (χ1n) is 15.9. The van der Waals surface area contributed by atoms with Crippen LogP contribution in [0, 0.1) is 6.92 Å². The Morgan fingerprint density at radius 2 is 0.804 bits per heavy atom. The number of nitrogens with zero attached hydrogens (tertiary/aromatic N) is 1.